The molecule has 0 N–H and O–H groups in total. The molecular weight excluding hydrogens is 344 g/mol. The minimum atomic E-state index is -1.01. The molecule has 1 saturated heterocycles. The topological polar surface area (TPSA) is 49.2 Å². The van der Waals surface area contributed by atoms with Gasteiger partial charge in [0.25, 0.3) is 0 Å². The second-order valence-electron chi connectivity index (χ2n) is 8.38. The zero-order valence-corrected chi connectivity index (χ0v) is 16.9. The van der Waals surface area contributed by atoms with Crippen LogP contribution in [0.4, 0.5) is 4.39 Å². The van der Waals surface area contributed by atoms with Gasteiger partial charge in [-0.15, -0.1) is 0 Å². The molecule has 1 fully saturated rings. The molecule has 0 atom stereocenters. The molecule has 5 nitrogen and oxygen atoms in total. The van der Waals surface area contributed by atoms with Crippen LogP contribution in [-0.2, 0) is 15.9 Å². The van der Waals surface area contributed by atoms with E-state index in [4.69, 9.17) is 9.31 Å². The Hall–Kier alpha value is -1.99. The summed E-state index contributed by atoms with van der Waals surface area (Å²) in [5.41, 5.74) is 0.790. The summed E-state index contributed by atoms with van der Waals surface area (Å²) in [7, 11) is -1.01. The van der Waals surface area contributed by atoms with E-state index in [1.165, 1.54) is 6.08 Å². The molecular formula is C20H27BFN3O2. The largest absolute Gasteiger partial charge is 0.525 e. The van der Waals surface area contributed by atoms with Crippen LogP contribution < -0.4 is 0 Å². The first-order valence-corrected chi connectivity index (χ1v) is 9.30. The van der Waals surface area contributed by atoms with Crippen molar-refractivity contribution in [2.24, 2.45) is 5.92 Å². The average Bonchev–Trinajstić information content (AvgIpc) is 3.05. The summed E-state index contributed by atoms with van der Waals surface area (Å²) in [6, 6.07) is 5.66. The number of hydrogen-bond acceptors (Lipinski definition) is 4. The van der Waals surface area contributed by atoms with Gasteiger partial charge < -0.3 is 9.31 Å². The van der Waals surface area contributed by atoms with Gasteiger partial charge in [-0.3, -0.25) is 9.67 Å². The smallest absolute Gasteiger partial charge is 0.398 e. The Labute approximate surface area is 160 Å². The van der Waals surface area contributed by atoms with Gasteiger partial charge in [-0.05, 0) is 57.9 Å². The quantitative estimate of drug-likeness (QED) is 0.724. The molecule has 0 radical (unpaired) electrons. The van der Waals surface area contributed by atoms with Gasteiger partial charge in [0.15, 0.2) is 0 Å². The Kier molecular flexibility index (Phi) is 5.28. The van der Waals surface area contributed by atoms with E-state index in [1.54, 1.807) is 12.4 Å². The van der Waals surface area contributed by atoms with E-state index >= 15 is 0 Å². The van der Waals surface area contributed by atoms with Crippen LogP contribution in [0.5, 0.6) is 0 Å². The lowest BCUT2D eigenvalue weighted by Crippen LogP contribution is -2.41. The number of halogens is 1. The first kappa shape index (κ1) is 19.8. The minimum Gasteiger partial charge on any atom is -0.398 e. The van der Waals surface area contributed by atoms with Crippen molar-refractivity contribution in [2.45, 2.75) is 59.3 Å². The van der Waals surface area contributed by atoms with E-state index in [-0.39, 0.29) is 0 Å². The molecule has 1 aliphatic heterocycles. The highest BCUT2D eigenvalue weighted by atomic mass is 19.1. The molecule has 0 spiro atoms. The number of nitrogens with zero attached hydrogens (tertiary/aromatic N) is 3. The van der Waals surface area contributed by atoms with Crippen molar-refractivity contribution < 1.29 is 13.7 Å². The third-order valence-electron chi connectivity index (χ3n) is 5.09. The third-order valence-corrected chi connectivity index (χ3v) is 5.09. The second-order valence-corrected chi connectivity index (χ2v) is 8.38. The molecule has 0 unspecified atom stereocenters. The number of aromatic nitrogens is 3. The second kappa shape index (κ2) is 7.21. The van der Waals surface area contributed by atoms with Gasteiger partial charge in [-0.25, -0.2) is 4.39 Å². The summed E-state index contributed by atoms with van der Waals surface area (Å²) in [5, 5.41) is 4.65. The van der Waals surface area contributed by atoms with E-state index in [0.717, 1.165) is 11.3 Å². The summed E-state index contributed by atoms with van der Waals surface area (Å²) in [6.45, 7) is 12.5. The van der Waals surface area contributed by atoms with Crippen LogP contribution in [0.2, 0.25) is 0 Å². The number of rotatable bonds is 5. The third kappa shape index (κ3) is 4.14. The average molecular weight is 371 g/mol. The van der Waals surface area contributed by atoms with Crippen LogP contribution in [0.3, 0.4) is 0 Å². The highest BCUT2D eigenvalue weighted by Gasteiger charge is 2.53. The lowest BCUT2D eigenvalue weighted by atomic mass is 9.87. The van der Waals surface area contributed by atoms with Gasteiger partial charge >= 0.3 is 7.12 Å². The van der Waals surface area contributed by atoms with Crippen molar-refractivity contribution in [3.8, 4) is 11.3 Å². The molecule has 0 bridgehead atoms. The van der Waals surface area contributed by atoms with Crippen LogP contribution >= 0.6 is 0 Å². The summed E-state index contributed by atoms with van der Waals surface area (Å²) >= 11 is 0. The highest BCUT2D eigenvalue weighted by molar-refractivity contribution is 6.54. The standard InChI is InChI=1S/C20H27BFN3O2/c1-14(2)13-25-16(11-17(24-25)15-7-9-23-10-8-15)12-18(22)21-26-19(3,4)20(5,6)27-21/h7-12,14H,13H2,1-6H3. The molecule has 144 valence electrons. The van der Waals surface area contributed by atoms with Crippen molar-refractivity contribution in [3.63, 3.8) is 0 Å². The maximum atomic E-state index is 15.0. The number of pyridine rings is 1. The fourth-order valence-corrected chi connectivity index (χ4v) is 2.87. The van der Waals surface area contributed by atoms with Crippen LogP contribution in [0.1, 0.15) is 47.2 Å². The fraction of sp³-hybridized carbons (Fsp3) is 0.500. The Morgan fingerprint density at radius 2 is 1.78 bits per heavy atom. The van der Waals surface area contributed by atoms with Gasteiger partial charge in [-0.2, -0.15) is 5.10 Å². The van der Waals surface area contributed by atoms with Crippen LogP contribution in [0.25, 0.3) is 17.3 Å². The van der Waals surface area contributed by atoms with Gasteiger partial charge in [0.2, 0.25) is 0 Å². The first-order valence-electron chi connectivity index (χ1n) is 9.30. The monoisotopic (exact) mass is 371 g/mol. The molecule has 2 aromatic rings. The minimum absolute atomic E-state index is 0.377. The van der Waals surface area contributed by atoms with Crippen molar-refractivity contribution in [2.75, 3.05) is 0 Å². The SMILES string of the molecule is CC(C)Cn1nc(-c2ccncc2)cc1C=C(F)B1OC(C)(C)C(C)(C)O1. The molecule has 0 amide bonds. The lowest BCUT2D eigenvalue weighted by Gasteiger charge is -2.32. The van der Waals surface area contributed by atoms with Gasteiger partial charge in [0.05, 0.1) is 22.6 Å². The summed E-state index contributed by atoms with van der Waals surface area (Å²) in [4.78, 5) is 4.04. The fourth-order valence-electron chi connectivity index (χ4n) is 2.87. The lowest BCUT2D eigenvalue weighted by molar-refractivity contribution is 0.00578. The molecule has 0 aromatic carbocycles. The molecule has 7 heteroatoms. The predicted molar refractivity (Wildman–Crippen MR) is 105 cm³/mol. The van der Waals surface area contributed by atoms with Crippen molar-refractivity contribution in [3.05, 3.63) is 42.0 Å². The van der Waals surface area contributed by atoms with E-state index in [1.807, 2.05) is 50.6 Å². The van der Waals surface area contributed by atoms with Crippen LogP contribution in [0.15, 0.2) is 36.3 Å². The maximum Gasteiger partial charge on any atom is 0.525 e. The molecule has 27 heavy (non-hydrogen) atoms. The van der Waals surface area contributed by atoms with Gasteiger partial charge in [0, 0.05) is 24.5 Å². The van der Waals surface area contributed by atoms with Crippen LogP contribution in [-0.4, -0.2) is 33.1 Å². The summed E-state index contributed by atoms with van der Waals surface area (Å²) < 4.78 is 28.4. The first-order chi connectivity index (χ1) is 12.6. The van der Waals surface area contributed by atoms with Crippen LogP contribution in [0, 0.1) is 5.92 Å². The molecule has 0 aliphatic carbocycles. The maximum absolute atomic E-state index is 15.0. The molecule has 3 heterocycles. The normalized spacial score (nSPS) is 19.1. The molecule has 1 aliphatic rings. The van der Waals surface area contributed by atoms with Crippen molar-refractivity contribution in [1.29, 1.82) is 0 Å². The van der Waals surface area contributed by atoms with Crippen molar-refractivity contribution >= 4 is 13.2 Å². The van der Waals surface area contributed by atoms with E-state index in [9.17, 15) is 4.39 Å². The molecule has 2 aromatic heterocycles. The summed E-state index contributed by atoms with van der Waals surface area (Å²) in [5.74, 6) is 0.377. The number of hydrogen-bond donors (Lipinski definition) is 0. The predicted octanol–water partition coefficient (Wildman–Crippen LogP) is 4.54. The zero-order valence-electron chi connectivity index (χ0n) is 16.9. The Morgan fingerprint density at radius 1 is 1.19 bits per heavy atom. The Morgan fingerprint density at radius 3 is 2.33 bits per heavy atom. The van der Waals surface area contributed by atoms with Gasteiger partial charge in [0.1, 0.15) is 5.73 Å². The molecule has 3 rings (SSSR count). The Bertz CT molecular complexity index is 815. The van der Waals surface area contributed by atoms with Gasteiger partial charge in [-0.1, -0.05) is 13.8 Å². The zero-order chi connectivity index (χ0) is 19.8. The van der Waals surface area contributed by atoms with Crippen molar-refractivity contribution in [1.82, 2.24) is 14.8 Å². The van der Waals surface area contributed by atoms with E-state index in [0.29, 0.717) is 18.2 Å². The van der Waals surface area contributed by atoms with E-state index in [2.05, 4.69) is 23.9 Å². The van der Waals surface area contributed by atoms with E-state index < -0.39 is 24.0 Å². The molecule has 0 saturated carbocycles. The summed E-state index contributed by atoms with van der Waals surface area (Å²) in [6.07, 6.45) is 4.90. The Balaban J connectivity index is 1.93. The highest BCUT2D eigenvalue weighted by Crippen LogP contribution is 2.39.